The molecule has 205 valence electrons. The molecular weight excluding hydrogens is 576 g/mol. The molecular formula is C30H40ClFN4OY-2. The fourth-order valence-electron chi connectivity index (χ4n) is 4.54. The standard InChI is InChI=1S/C24H25ClFN2O.C6H13N.H2N.Y/c1-28(13-14-29-2)23-10-6-9-19(24(23)26)20-15-18(11-12-22(20)25)21(16-27)17-7-4-3-5-8-17;7-6-4-2-1-3-5-6;;/h3-8,10-12,15,21H,13-14,16,27H2,1-2H3;6H,1-5,7H2;1H2;/q-1;;-1;. The topological polar surface area (TPSA) is 98.0 Å². The Bertz CT molecular complexity index is 1080. The molecule has 1 aliphatic carbocycles. The van der Waals surface area contributed by atoms with Gasteiger partial charge in [-0.3, -0.25) is 4.39 Å². The van der Waals surface area contributed by atoms with Crippen LogP contribution in [0.5, 0.6) is 0 Å². The summed E-state index contributed by atoms with van der Waals surface area (Å²) in [5.74, 6) is -0.350. The molecule has 1 fully saturated rings. The first-order chi connectivity index (χ1) is 17.5. The molecule has 1 radical (unpaired) electrons. The minimum absolute atomic E-state index is 0. The summed E-state index contributed by atoms with van der Waals surface area (Å²) in [7, 11) is 3.46. The largest absolute Gasteiger partial charge is 0.693 e. The van der Waals surface area contributed by atoms with Crippen LogP contribution in [0.1, 0.15) is 49.1 Å². The van der Waals surface area contributed by atoms with Gasteiger partial charge in [0.1, 0.15) is 0 Å². The Labute approximate surface area is 257 Å². The molecule has 8 heteroatoms. The predicted molar refractivity (Wildman–Crippen MR) is 155 cm³/mol. The normalized spacial score (nSPS) is 13.8. The SMILES string of the molecule is COCCN(C)c1cc[c-]c(-c2cc(C(CN)c3ccccc3)ccc2Cl)c1F.NC1CCCCC1.[NH2-].[Y]. The fraction of sp³-hybridized carbons (Fsp3) is 0.400. The van der Waals surface area contributed by atoms with Crippen LogP contribution in [0.2, 0.25) is 5.02 Å². The summed E-state index contributed by atoms with van der Waals surface area (Å²) < 4.78 is 20.5. The van der Waals surface area contributed by atoms with Crippen molar-refractivity contribution in [3.63, 3.8) is 0 Å². The van der Waals surface area contributed by atoms with Gasteiger partial charge in [-0.25, -0.2) is 0 Å². The van der Waals surface area contributed by atoms with Crippen LogP contribution in [0.15, 0.2) is 60.7 Å². The first-order valence-corrected chi connectivity index (χ1v) is 13.0. The summed E-state index contributed by atoms with van der Waals surface area (Å²) in [5, 5.41) is 0.476. The van der Waals surface area contributed by atoms with E-state index in [1.165, 1.54) is 32.1 Å². The maximum atomic E-state index is 15.4. The van der Waals surface area contributed by atoms with Crippen molar-refractivity contribution in [1.82, 2.24) is 0 Å². The molecule has 4 rings (SSSR count). The first kappa shape index (κ1) is 34.7. The summed E-state index contributed by atoms with van der Waals surface area (Å²) in [6.07, 6.45) is 6.66. The van der Waals surface area contributed by atoms with Gasteiger partial charge in [-0.05, 0) is 29.7 Å². The van der Waals surface area contributed by atoms with Crippen molar-refractivity contribution in [1.29, 1.82) is 0 Å². The molecule has 1 saturated carbocycles. The van der Waals surface area contributed by atoms with E-state index < -0.39 is 0 Å². The Morgan fingerprint density at radius 2 is 1.76 bits per heavy atom. The number of hydrogen-bond acceptors (Lipinski definition) is 4. The zero-order chi connectivity index (χ0) is 25.9. The molecule has 0 amide bonds. The number of hydrogen-bond donors (Lipinski definition) is 2. The average molecular weight is 616 g/mol. The maximum absolute atomic E-state index is 15.4. The Hall–Kier alpha value is -1.38. The quantitative estimate of drug-likeness (QED) is 0.264. The van der Waals surface area contributed by atoms with Crippen molar-refractivity contribution < 1.29 is 41.8 Å². The zero-order valence-electron chi connectivity index (χ0n) is 22.5. The van der Waals surface area contributed by atoms with Gasteiger partial charge in [-0.1, -0.05) is 85.0 Å². The third-order valence-electron chi connectivity index (χ3n) is 6.70. The molecule has 1 unspecified atom stereocenters. The number of halogens is 2. The fourth-order valence-corrected chi connectivity index (χ4v) is 4.76. The molecule has 1 aliphatic rings. The monoisotopic (exact) mass is 615 g/mol. The van der Waals surface area contributed by atoms with E-state index in [2.05, 4.69) is 6.07 Å². The molecule has 0 heterocycles. The van der Waals surface area contributed by atoms with Gasteiger partial charge in [0.25, 0.3) is 0 Å². The molecule has 3 aromatic carbocycles. The van der Waals surface area contributed by atoms with Crippen molar-refractivity contribution in [3.05, 3.63) is 94.8 Å². The number of rotatable bonds is 8. The Morgan fingerprint density at radius 1 is 1.08 bits per heavy atom. The van der Waals surface area contributed by atoms with Crippen LogP contribution in [0.4, 0.5) is 10.1 Å². The second-order valence-corrected chi connectivity index (χ2v) is 9.71. The zero-order valence-corrected chi connectivity index (χ0v) is 26.1. The third kappa shape index (κ3) is 9.67. The summed E-state index contributed by atoms with van der Waals surface area (Å²) >= 11 is 6.46. The smallest absolute Gasteiger partial charge is 0.0637 e. The molecule has 38 heavy (non-hydrogen) atoms. The number of ether oxygens (including phenoxy) is 1. The summed E-state index contributed by atoms with van der Waals surface area (Å²) in [6.45, 7) is 1.53. The molecule has 0 bridgehead atoms. The molecule has 0 aliphatic heterocycles. The van der Waals surface area contributed by atoms with Crippen LogP contribution in [-0.2, 0) is 37.4 Å². The number of likely N-dealkylation sites (N-methyl/N-ethyl adjacent to an activating group) is 1. The molecule has 0 spiro atoms. The van der Waals surface area contributed by atoms with Gasteiger partial charge in [-0.2, -0.15) is 0 Å². The van der Waals surface area contributed by atoms with Gasteiger partial charge in [0, 0.05) is 76.9 Å². The van der Waals surface area contributed by atoms with Crippen LogP contribution in [0, 0.1) is 11.9 Å². The van der Waals surface area contributed by atoms with Crippen molar-refractivity contribution in [2.75, 3.05) is 38.8 Å². The molecule has 0 saturated heterocycles. The molecule has 5 nitrogen and oxygen atoms in total. The van der Waals surface area contributed by atoms with E-state index in [1.807, 2.05) is 54.4 Å². The predicted octanol–water partition coefficient (Wildman–Crippen LogP) is 7.11. The second-order valence-electron chi connectivity index (χ2n) is 9.30. The van der Waals surface area contributed by atoms with E-state index >= 15 is 4.39 Å². The molecule has 0 aromatic heterocycles. The Kier molecular flexibility index (Phi) is 16.5. The second kappa shape index (κ2) is 18.1. The summed E-state index contributed by atoms with van der Waals surface area (Å²) in [5.41, 5.74) is 15.2. The van der Waals surface area contributed by atoms with Crippen LogP contribution in [-0.4, -0.2) is 39.9 Å². The summed E-state index contributed by atoms with van der Waals surface area (Å²) in [4.78, 5) is 1.82. The van der Waals surface area contributed by atoms with Crippen molar-refractivity contribution >= 4 is 17.3 Å². The van der Waals surface area contributed by atoms with Gasteiger partial charge in [0.15, 0.2) is 0 Å². The third-order valence-corrected chi connectivity index (χ3v) is 7.03. The number of methoxy groups -OCH3 is 1. The van der Waals surface area contributed by atoms with E-state index in [9.17, 15) is 0 Å². The Balaban J connectivity index is 0.000000697. The van der Waals surface area contributed by atoms with Crippen LogP contribution in [0.3, 0.4) is 0 Å². The summed E-state index contributed by atoms with van der Waals surface area (Å²) in [6, 6.07) is 22.7. The Morgan fingerprint density at radius 3 is 2.34 bits per heavy atom. The number of benzene rings is 3. The molecule has 6 N–H and O–H groups in total. The van der Waals surface area contributed by atoms with Crippen LogP contribution in [0.25, 0.3) is 17.3 Å². The number of nitrogens with two attached hydrogens (primary N) is 3. The van der Waals surface area contributed by atoms with Crippen molar-refractivity contribution in [2.24, 2.45) is 11.5 Å². The van der Waals surface area contributed by atoms with E-state index in [-0.39, 0.29) is 50.6 Å². The molecule has 3 aromatic rings. The van der Waals surface area contributed by atoms with Crippen LogP contribution >= 0.6 is 11.6 Å². The van der Waals surface area contributed by atoms with Crippen molar-refractivity contribution in [3.8, 4) is 11.1 Å². The molecule has 1 atom stereocenters. The van der Waals surface area contributed by atoms with Gasteiger partial charge in [-0.15, -0.1) is 23.8 Å². The minimum atomic E-state index is -0.353. The maximum Gasteiger partial charge on any atom is 0.0637 e. The van der Waals surface area contributed by atoms with Gasteiger partial charge >= 0.3 is 0 Å². The van der Waals surface area contributed by atoms with E-state index in [1.54, 1.807) is 25.3 Å². The van der Waals surface area contributed by atoms with Crippen molar-refractivity contribution in [2.45, 2.75) is 44.1 Å². The van der Waals surface area contributed by atoms with Gasteiger partial charge < -0.3 is 27.3 Å². The van der Waals surface area contributed by atoms with E-state index in [4.69, 9.17) is 27.8 Å². The average Bonchev–Trinajstić information content (AvgIpc) is 2.90. The van der Waals surface area contributed by atoms with E-state index in [0.717, 1.165) is 11.1 Å². The minimum Gasteiger partial charge on any atom is -0.693 e. The van der Waals surface area contributed by atoms with E-state index in [0.29, 0.717) is 47.6 Å². The first-order valence-electron chi connectivity index (χ1n) is 12.7. The van der Waals surface area contributed by atoms with Gasteiger partial charge in [0.2, 0.25) is 0 Å². The number of anilines is 1. The number of nitrogens with zero attached hydrogens (tertiary/aromatic N) is 1. The van der Waals surface area contributed by atoms with Crippen LogP contribution < -0.4 is 16.4 Å². The van der Waals surface area contributed by atoms with Gasteiger partial charge in [0.05, 0.1) is 12.4 Å².